The van der Waals surface area contributed by atoms with Gasteiger partial charge < -0.3 is 14.8 Å². The quantitative estimate of drug-likeness (QED) is 0.606. The Morgan fingerprint density at radius 3 is 2.69 bits per heavy atom. The minimum Gasteiger partial charge on any atom is -0.410 e. The van der Waals surface area contributed by atoms with Crippen LogP contribution in [0.15, 0.2) is 30.3 Å². The normalized spacial score (nSPS) is 10.1. The summed E-state index contributed by atoms with van der Waals surface area (Å²) in [5.41, 5.74) is 0.0413. The van der Waals surface area contributed by atoms with Crippen molar-refractivity contribution in [1.82, 2.24) is 5.32 Å². The lowest BCUT2D eigenvalue weighted by atomic mass is 10.0. The molecule has 5 heteroatoms. The van der Waals surface area contributed by atoms with Gasteiger partial charge in [0, 0.05) is 12.6 Å². The lowest BCUT2D eigenvalue weighted by Crippen LogP contribution is -2.22. The van der Waals surface area contributed by atoms with Crippen molar-refractivity contribution in [3.63, 3.8) is 0 Å². The third-order valence-electron chi connectivity index (χ3n) is 1.75. The summed E-state index contributed by atoms with van der Waals surface area (Å²) < 4.78 is 4.97. The lowest BCUT2D eigenvalue weighted by Gasteiger charge is -2.06. The topological polar surface area (TPSA) is 55.4 Å². The molecule has 1 amide bonds. The van der Waals surface area contributed by atoms with Gasteiger partial charge in [-0.05, 0) is 18.2 Å². The minimum absolute atomic E-state index is 0.361. The van der Waals surface area contributed by atoms with Gasteiger partial charge in [0.15, 0.2) is 7.85 Å². The van der Waals surface area contributed by atoms with Gasteiger partial charge in [0.25, 0.3) is 0 Å². The maximum absolute atomic E-state index is 11.0. The molecule has 0 aromatic heterocycles. The molecule has 0 aliphatic rings. The zero-order chi connectivity index (χ0) is 12.0. The predicted molar refractivity (Wildman–Crippen MR) is 61.3 cm³/mol. The Kier molecular flexibility index (Phi) is 4.33. The van der Waals surface area contributed by atoms with Crippen LogP contribution in [-0.4, -0.2) is 26.7 Å². The second-order valence-corrected chi connectivity index (χ2v) is 2.91. The average Bonchev–Trinajstić information content (AvgIpc) is 2.27. The second-order valence-electron chi connectivity index (χ2n) is 2.91. The number of ether oxygens (including phenoxy) is 1. The zero-order valence-corrected chi connectivity index (χ0v) is 8.77. The predicted octanol–water partition coefficient (Wildman–Crippen LogP) is 1.11. The van der Waals surface area contributed by atoms with Crippen LogP contribution in [0.3, 0.4) is 0 Å². The molecule has 80 valence electrons. The smallest absolute Gasteiger partial charge is 0.410 e. The molecule has 1 N–H and O–H groups in total. The number of hydrogen-bond donors (Lipinski definition) is 1. The first kappa shape index (κ1) is 12.0. The first-order chi connectivity index (χ1) is 7.63. The highest BCUT2D eigenvalue weighted by Gasteiger charge is 2.04. The Labute approximate surface area is 94.7 Å². The summed E-state index contributed by atoms with van der Waals surface area (Å²) in [6, 6.07) is 6.81. The maximum Gasteiger partial charge on any atom is 0.412 e. The van der Waals surface area contributed by atoms with Gasteiger partial charge in [-0.1, -0.05) is 18.2 Å². The van der Waals surface area contributed by atoms with Crippen molar-refractivity contribution in [2.24, 2.45) is 0 Å². The van der Waals surface area contributed by atoms with Crippen molar-refractivity contribution in [3.8, 4) is 5.75 Å². The Hall–Kier alpha value is -2.04. The molecule has 4 nitrogen and oxygen atoms in total. The molecule has 0 saturated heterocycles. The average molecular weight is 215 g/mol. The number of rotatable bonds is 3. The van der Waals surface area contributed by atoms with Gasteiger partial charge in [0.2, 0.25) is 0 Å². The molecular formula is C11H10BNO3. The van der Waals surface area contributed by atoms with E-state index < -0.39 is 11.8 Å². The standard InChI is InChI=1S/C11H10BNO3/c1-13-11(15)16-9-5-3-2-4-8(9)6-7-10(12)14/h2-7H,1H3,(H,13,15)/b7-6+. The first-order valence-corrected chi connectivity index (χ1v) is 4.59. The van der Waals surface area contributed by atoms with E-state index in [-0.39, 0.29) is 0 Å². The lowest BCUT2D eigenvalue weighted by molar-refractivity contribution is -0.107. The van der Waals surface area contributed by atoms with E-state index in [0.717, 1.165) is 0 Å². The SMILES string of the molecule is [B]C(=O)/C=C/c1ccccc1OC(=O)NC. The second kappa shape index (κ2) is 5.75. The molecule has 0 bridgehead atoms. The van der Waals surface area contributed by atoms with Crippen LogP contribution in [-0.2, 0) is 4.79 Å². The third-order valence-corrected chi connectivity index (χ3v) is 1.75. The van der Waals surface area contributed by atoms with Crippen molar-refractivity contribution < 1.29 is 14.3 Å². The largest absolute Gasteiger partial charge is 0.412 e. The number of hydrogen-bond acceptors (Lipinski definition) is 3. The van der Waals surface area contributed by atoms with E-state index in [1.54, 1.807) is 24.3 Å². The Balaban J connectivity index is 2.91. The van der Waals surface area contributed by atoms with Crippen molar-refractivity contribution in [2.45, 2.75) is 0 Å². The van der Waals surface area contributed by atoms with Crippen LogP contribution in [0.4, 0.5) is 4.79 Å². The fraction of sp³-hybridized carbons (Fsp3) is 0.0909. The van der Waals surface area contributed by atoms with E-state index in [0.29, 0.717) is 11.3 Å². The highest BCUT2D eigenvalue weighted by molar-refractivity contribution is 6.61. The molecule has 0 unspecified atom stereocenters. The van der Waals surface area contributed by atoms with Crippen LogP contribution in [0.2, 0.25) is 0 Å². The van der Waals surface area contributed by atoms with Crippen molar-refractivity contribution in [3.05, 3.63) is 35.9 Å². The molecule has 1 rings (SSSR count). The summed E-state index contributed by atoms with van der Waals surface area (Å²) in [4.78, 5) is 21.6. The molecule has 0 aliphatic carbocycles. The van der Waals surface area contributed by atoms with Crippen LogP contribution in [0.25, 0.3) is 6.08 Å². The van der Waals surface area contributed by atoms with Crippen molar-refractivity contribution in [2.75, 3.05) is 7.05 Å². The molecule has 0 spiro atoms. The first-order valence-electron chi connectivity index (χ1n) is 4.59. The van der Waals surface area contributed by atoms with Crippen LogP contribution >= 0.6 is 0 Å². The van der Waals surface area contributed by atoms with Gasteiger partial charge in [-0.15, -0.1) is 0 Å². The molecule has 0 aliphatic heterocycles. The molecule has 1 aromatic carbocycles. The number of amides is 1. The summed E-state index contributed by atoms with van der Waals surface area (Å²) in [7, 11) is 6.43. The number of carbonyl (C=O) groups excluding carboxylic acids is 2. The van der Waals surface area contributed by atoms with Crippen LogP contribution in [0.5, 0.6) is 5.75 Å². The number of carbonyl (C=O) groups is 2. The van der Waals surface area contributed by atoms with E-state index in [1.165, 1.54) is 19.2 Å². The molecular weight excluding hydrogens is 205 g/mol. The Bertz CT molecular complexity index is 429. The molecule has 0 heterocycles. The fourth-order valence-electron chi connectivity index (χ4n) is 1.03. The molecule has 0 atom stereocenters. The zero-order valence-electron chi connectivity index (χ0n) is 8.77. The van der Waals surface area contributed by atoms with Crippen molar-refractivity contribution >= 4 is 25.7 Å². The monoisotopic (exact) mass is 215 g/mol. The number of para-hydroxylation sites is 1. The Morgan fingerprint density at radius 2 is 2.06 bits per heavy atom. The fourth-order valence-corrected chi connectivity index (χ4v) is 1.03. The molecule has 16 heavy (non-hydrogen) atoms. The molecule has 1 aromatic rings. The molecule has 0 fully saturated rings. The summed E-state index contributed by atoms with van der Waals surface area (Å²) >= 11 is 0. The van der Waals surface area contributed by atoms with Crippen molar-refractivity contribution in [1.29, 1.82) is 0 Å². The van der Waals surface area contributed by atoms with Gasteiger partial charge in [-0.25, -0.2) is 4.79 Å². The van der Waals surface area contributed by atoms with Gasteiger partial charge in [0.1, 0.15) is 5.75 Å². The van der Waals surface area contributed by atoms with Crippen LogP contribution in [0, 0.1) is 0 Å². The number of benzene rings is 1. The highest BCUT2D eigenvalue weighted by Crippen LogP contribution is 2.19. The van der Waals surface area contributed by atoms with E-state index in [1.807, 2.05) is 0 Å². The molecule has 2 radical (unpaired) electrons. The van der Waals surface area contributed by atoms with Gasteiger partial charge >= 0.3 is 6.09 Å². The summed E-state index contributed by atoms with van der Waals surface area (Å²) in [6.07, 6.45) is 2.12. The van der Waals surface area contributed by atoms with Gasteiger partial charge in [-0.2, -0.15) is 0 Å². The summed E-state index contributed by atoms with van der Waals surface area (Å²) in [5, 5.41) is 2.33. The van der Waals surface area contributed by atoms with Gasteiger partial charge in [0.05, 0.1) is 5.68 Å². The maximum atomic E-state index is 11.0. The third kappa shape index (κ3) is 3.61. The highest BCUT2D eigenvalue weighted by atomic mass is 16.6. The number of allylic oxidation sites excluding steroid dienone is 1. The van der Waals surface area contributed by atoms with E-state index in [4.69, 9.17) is 12.6 Å². The minimum atomic E-state index is -0.570. The van der Waals surface area contributed by atoms with E-state index >= 15 is 0 Å². The van der Waals surface area contributed by atoms with E-state index in [9.17, 15) is 9.59 Å². The molecule has 0 saturated carbocycles. The summed E-state index contributed by atoms with van der Waals surface area (Å²) in [5.74, 6) is 0.361. The van der Waals surface area contributed by atoms with Gasteiger partial charge in [-0.3, -0.25) is 0 Å². The van der Waals surface area contributed by atoms with Crippen LogP contribution < -0.4 is 10.1 Å². The van der Waals surface area contributed by atoms with E-state index in [2.05, 4.69) is 5.32 Å². The Morgan fingerprint density at radius 1 is 1.38 bits per heavy atom. The number of nitrogens with one attached hydrogen (secondary N) is 1. The summed E-state index contributed by atoms with van der Waals surface area (Å²) in [6.45, 7) is 0. The van der Waals surface area contributed by atoms with Crippen LogP contribution in [0.1, 0.15) is 5.56 Å².